The van der Waals surface area contributed by atoms with Crippen LogP contribution in [0.4, 0.5) is 107 Å². The van der Waals surface area contributed by atoms with Crippen LogP contribution in [0, 0.1) is 0 Å². The van der Waals surface area contributed by atoms with Crippen LogP contribution in [0.15, 0.2) is 42.5 Å². The summed E-state index contributed by atoms with van der Waals surface area (Å²) in [5, 5.41) is 0. The number of hydrogen-bond donors (Lipinski definition) is 2. The number of nitrogens with zero attached hydrogens (tertiary/aromatic N) is 1. The Balaban J connectivity index is 2.84. The van der Waals surface area contributed by atoms with Gasteiger partial charge in [-0.1, -0.05) is 18.2 Å². The van der Waals surface area contributed by atoms with Crippen molar-refractivity contribution in [2.45, 2.75) is 37.1 Å². The van der Waals surface area contributed by atoms with Gasteiger partial charge in [0.2, 0.25) is 0 Å². The van der Waals surface area contributed by atoms with Gasteiger partial charge in [-0.05, 0) is 24.3 Å². The largest absolute Gasteiger partial charge is 0.419 e. The highest BCUT2D eigenvalue weighted by Crippen LogP contribution is 2.59. The quantitative estimate of drug-likeness (QED) is 0.214. The molecule has 0 aliphatic rings. The number of nitrogen functional groups attached to an aromatic ring is 2. The van der Waals surface area contributed by atoms with Crippen molar-refractivity contribution < 1.29 is 79.0 Å². The normalized spacial score (nSPS) is 13.7. The van der Waals surface area contributed by atoms with Crippen LogP contribution in [0.3, 0.4) is 0 Å². The van der Waals surface area contributed by atoms with Gasteiger partial charge < -0.3 is 16.4 Å². The van der Waals surface area contributed by atoms with Gasteiger partial charge in [-0.15, -0.1) is 0 Å². The molecule has 3 nitrogen and oxygen atoms in total. The van der Waals surface area contributed by atoms with Crippen LogP contribution >= 0.6 is 0 Å². The molecule has 3 aromatic carbocycles. The van der Waals surface area contributed by atoms with E-state index in [2.05, 4.69) is 0 Å². The molecule has 0 amide bonds. The molecule has 0 saturated heterocycles. The first-order valence-electron chi connectivity index (χ1n) is 11.2. The molecule has 3 rings (SSSR count). The van der Waals surface area contributed by atoms with Gasteiger partial charge in [-0.2, -0.15) is 79.0 Å². The highest BCUT2D eigenvalue weighted by Gasteiger charge is 2.56. The average Bonchev–Trinajstić information content (AvgIpc) is 2.81. The van der Waals surface area contributed by atoms with E-state index in [1.54, 1.807) is 0 Å². The first kappa shape index (κ1) is 35.3. The summed E-state index contributed by atoms with van der Waals surface area (Å²) in [6, 6.07) is 1.83. The first-order valence-corrected chi connectivity index (χ1v) is 11.2. The zero-order chi connectivity index (χ0) is 34.9. The molecule has 4 N–H and O–H groups in total. The van der Waals surface area contributed by atoms with E-state index in [9.17, 15) is 79.0 Å². The molecule has 0 aromatic heterocycles. The van der Waals surface area contributed by atoms with E-state index in [4.69, 9.17) is 11.5 Å². The van der Waals surface area contributed by atoms with E-state index >= 15 is 0 Å². The molecule has 0 heterocycles. The van der Waals surface area contributed by atoms with Crippen molar-refractivity contribution >= 4 is 28.4 Å². The Labute approximate surface area is 237 Å². The van der Waals surface area contributed by atoms with Gasteiger partial charge >= 0.3 is 37.1 Å². The molecule has 0 aliphatic heterocycles. The topological polar surface area (TPSA) is 55.3 Å². The Hall–Kier alpha value is -4.20. The van der Waals surface area contributed by atoms with Crippen LogP contribution in [-0.2, 0) is 37.1 Å². The fourth-order valence-corrected chi connectivity index (χ4v) is 4.40. The van der Waals surface area contributed by atoms with Crippen LogP contribution < -0.4 is 16.4 Å². The molecule has 248 valence electrons. The minimum Gasteiger partial charge on any atom is -0.397 e. The maximum atomic E-state index is 14.4. The number of alkyl halides is 18. The summed E-state index contributed by atoms with van der Waals surface area (Å²) >= 11 is 0. The van der Waals surface area contributed by atoms with Gasteiger partial charge in [-0.3, -0.25) is 0 Å². The highest BCUT2D eigenvalue weighted by molar-refractivity contribution is 5.94. The van der Waals surface area contributed by atoms with E-state index in [1.807, 2.05) is 0 Å². The van der Waals surface area contributed by atoms with Crippen LogP contribution in [0.25, 0.3) is 0 Å². The number of benzene rings is 3. The predicted molar refractivity (Wildman–Crippen MR) is 120 cm³/mol. The smallest absolute Gasteiger partial charge is 0.397 e. The fourth-order valence-electron chi connectivity index (χ4n) is 4.40. The second kappa shape index (κ2) is 10.7. The summed E-state index contributed by atoms with van der Waals surface area (Å²) in [7, 11) is 0. The highest BCUT2D eigenvalue weighted by atomic mass is 19.4. The SMILES string of the molecule is Nc1cc(C(F)(F)F)c(C(F)(F)F)c(C(F)(F)F)c1N(c1ccccc1)c1c(N)cc(C(F)(F)F)c(C(F)(F)F)c1C(F)(F)F. The molecule has 45 heavy (non-hydrogen) atoms. The Kier molecular flexibility index (Phi) is 8.40. The molecule has 0 atom stereocenters. The second-order valence-electron chi connectivity index (χ2n) is 8.88. The zero-order valence-corrected chi connectivity index (χ0v) is 20.9. The maximum Gasteiger partial charge on any atom is 0.419 e. The summed E-state index contributed by atoms with van der Waals surface area (Å²) in [6.07, 6.45) is -39.0. The van der Waals surface area contributed by atoms with Crippen molar-refractivity contribution in [2.24, 2.45) is 0 Å². The number of halogens is 18. The standard InChI is InChI=1S/C24H11F18N3/c25-19(26,27)9-6-11(43)17(15(23(37,38)39)13(9)21(31,32)33)45(8-4-2-1-3-5-8)18-12(44)7-10(20(28,29)30)14(22(34,35)36)16(18)24(40,41)42/h1-7H,43-44H2. The molecule has 0 radical (unpaired) electrons. The van der Waals surface area contributed by atoms with E-state index in [-0.39, 0.29) is 0 Å². The van der Waals surface area contributed by atoms with Crippen LogP contribution in [-0.4, -0.2) is 0 Å². The molecular weight excluding hydrogens is 672 g/mol. The minimum atomic E-state index is -6.62. The van der Waals surface area contributed by atoms with Gasteiger partial charge in [0.25, 0.3) is 0 Å². The lowest BCUT2D eigenvalue weighted by Crippen LogP contribution is -2.30. The average molecular weight is 683 g/mol. The van der Waals surface area contributed by atoms with Gasteiger partial charge in [0.05, 0.1) is 56.1 Å². The third-order valence-electron chi connectivity index (χ3n) is 5.87. The third kappa shape index (κ3) is 6.75. The molecule has 0 bridgehead atoms. The molecule has 0 fully saturated rings. The Morgan fingerprint density at radius 1 is 0.400 bits per heavy atom. The Bertz CT molecular complexity index is 1470. The number of para-hydroxylation sites is 1. The summed E-state index contributed by atoms with van der Waals surface area (Å²) in [6.45, 7) is 0. The number of anilines is 5. The lowest BCUT2D eigenvalue weighted by Gasteiger charge is -2.35. The van der Waals surface area contributed by atoms with Crippen LogP contribution in [0.1, 0.15) is 33.4 Å². The van der Waals surface area contributed by atoms with Gasteiger partial charge in [-0.25, -0.2) is 0 Å². The summed E-state index contributed by atoms with van der Waals surface area (Å²) < 4.78 is 252. The van der Waals surface area contributed by atoms with Gasteiger partial charge in [0.1, 0.15) is 0 Å². The van der Waals surface area contributed by atoms with Crippen molar-refractivity contribution in [3.8, 4) is 0 Å². The first-order chi connectivity index (χ1) is 20.0. The number of nitrogens with two attached hydrogens (primary N) is 2. The number of hydrogen-bond acceptors (Lipinski definition) is 3. The summed E-state index contributed by atoms with van der Waals surface area (Å²) in [5.74, 6) is 0. The zero-order valence-electron chi connectivity index (χ0n) is 20.9. The van der Waals surface area contributed by atoms with E-state index in [1.165, 1.54) is 0 Å². The minimum absolute atomic E-state index is 0.453. The van der Waals surface area contributed by atoms with E-state index in [0.717, 1.165) is 18.2 Å². The van der Waals surface area contributed by atoms with Crippen molar-refractivity contribution in [2.75, 3.05) is 16.4 Å². The lowest BCUT2D eigenvalue weighted by molar-refractivity contribution is -0.174. The van der Waals surface area contributed by atoms with E-state index < -0.39 is 116 Å². The van der Waals surface area contributed by atoms with E-state index in [0.29, 0.717) is 12.1 Å². The van der Waals surface area contributed by atoms with Gasteiger partial charge in [0, 0.05) is 5.69 Å². The van der Waals surface area contributed by atoms with Crippen molar-refractivity contribution in [1.29, 1.82) is 0 Å². The molecule has 0 saturated carbocycles. The second-order valence-corrected chi connectivity index (χ2v) is 8.88. The Morgan fingerprint density at radius 2 is 0.689 bits per heavy atom. The Morgan fingerprint density at radius 3 is 0.933 bits per heavy atom. The summed E-state index contributed by atoms with van der Waals surface area (Å²) in [4.78, 5) is -0.763. The molecule has 21 heteroatoms. The molecular formula is C24H11F18N3. The molecule has 3 aromatic rings. The fraction of sp³-hybridized carbons (Fsp3) is 0.250. The van der Waals surface area contributed by atoms with Crippen molar-refractivity contribution in [3.05, 3.63) is 75.8 Å². The maximum absolute atomic E-state index is 14.4. The summed E-state index contributed by atoms with van der Waals surface area (Å²) in [5.41, 5.74) is -19.8. The lowest BCUT2D eigenvalue weighted by atomic mass is 9.92. The van der Waals surface area contributed by atoms with Gasteiger partial charge in [0.15, 0.2) is 0 Å². The van der Waals surface area contributed by atoms with Crippen molar-refractivity contribution in [1.82, 2.24) is 0 Å². The molecule has 0 unspecified atom stereocenters. The molecule has 0 spiro atoms. The monoisotopic (exact) mass is 683 g/mol. The molecule has 0 aliphatic carbocycles. The third-order valence-corrected chi connectivity index (χ3v) is 5.87. The number of rotatable bonds is 3. The van der Waals surface area contributed by atoms with Crippen LogP contribution in [0.2, 0.25) is 0 Å². The van der Waals surface area contributed by atoms with Crippen LogP contribution in [0.5, 0.6) is 0 Å². The van der Waals surface area contributed by atoms with Crippen molar-refractivity contribution in [3.63, 3.8) is 0 Å². The predicted octanol–water partition coefficient (Wildman–Crippen LogP) is 10.4.